The molecule has 8 heteroatoms. The number of H-pyrrole nitrogens is 1. The number of aromatic amines is 1. The van der Waals surface area contributed by atoms with Crippen molar-refractivity contribution in [3.8, 4) is 0 Å². The first kappa shape index (κ1) is 24.4. The topological polar surface area (TPSA) is 90.6 Å². The molecular formula is C27H34N6O2. The zero-order valence-electron chi connectivity index (χ0n) is 21.1. The van der Waals surface area contributed by atoms with Crippen molar-refractivity contribution in [1.29, 1.82) is 0 Å². The standard InChI is InChI=1S/C27H34N6O2/c1-25(2,23-12-15-32(31-23)20-26(3,4)22-16-28-29-17-22)19-27(5,33-14-9-13-30-33)24(34)35-18-21-10-7-6-8-11-21/h6-17H,18-20H2,1-5H3,(H,28,29). The number of aromatic nitrogens is 6. The lowest BCUT2D eigenvalue weighted by Crippen LogP contribution is -2.45. The minimum Gasteiger partial charge on any atom is -0.459 e. The van der Waals surface area contributed by atoms with Gasteiger partial charge in [-0.15, -0.1) is 0 Å². The Morgan fingerprint density at radius 3 is 2.43 bits per heavy atom. The van der Waals surface area contributed by atoms with Gasteiger partial charge < -0.3 is 4.74 Å². The highest BCUT2D eigenvalue weighted by atomic mass is 16.5. The van der Waals surface area contributed by atoms with Crippen molar-refractivity contribution in [2.75, 3.05) is 0 Å². The summed E-state index contributed by atoms with van der Waals surface area (Å²) < 4.78 is 9.43. The first-order valence-electron chi connectivity index (χ1n) is 11.8. The Morgan fingerprint density at radius 2 is 1.77 bits per heavy atom. The Balaban J connectivity index is 1.53. The number of benzene rings is 1. The molecule has 1 atom stereocenters. The first-order valence-corrected chi connectivity index (χ1v) is 11.8. The van der Waals surface area contributed by atoms with Gasteiger partial charge in [-0.2, -0.15) is 15.3 Å². The zero-order valence-corrected chi connectivity index (χ0v) is 21.1. The maximum atomic E-state index is 13.5. The molecule has 0 saturated carbocycles. The number of carbonyl (C=O) groups excluding carboxylic acids is 1. The predicted molar refractivity (Wildman–Crippen MR) is 134 cm³/mol. The molecule has 0 aliphatic heterocycles. The van der Waals surface area contributed by atoms with Crippen LogP contribution < -0.4 is 0 Å². The van der Waals surface area contributed by atoms with E-state index in [9.17, 15) is 4.79 Å². The number of esters is 1. The molecule has 1 aromatic carbocycles. The second-order valence-electron chi connectivity index (χ2n) is 10.6. The van der Waals surface area contributed by atoms with E-state index in [1.807, 2.05) is 78.9 Å². The van der Waals surface area contributed by atoms with Crippen LogP contribution in [0.4, 0.5) is 0 Å². The maximum Gasteiger partial charge on any atom is 0.334 e. The third-order valence-electron chi connectivity index (χ3n) is 6.62. The van der Waals surface area contributed by atoms with Crippen molar-refractivity contribution in [2.45, 2.75) is 70.6 Å². The molecule has 0 radical (unpaired) electrons. The van der Waals surface area contributed by atoms with Crippen molar-refractivity contribution in [3.05, 3.63) is 90.3 Å². The van der Waals surface area contributed by atoms with Crippen LogP contribution in [0.2, 0.25) is 0 Å². The predicted octanol–water partition coefficient (Wildman–Crippen LogP) is 4.61. The van der Waals surface area contributed by atoms with Gasteiger partial charge in [0.2, 0.25) is 0 Å². The monoisotopic (exact) mass is 474 g/mol. The second-order valence-corrected chi connectivity index (χ2v) is 10.6. The van der Waals surface area contributed by atoms with Crippen LogP contribution in [0.1, 0.15) is 57.9 Å². The number of nitrogens with one attached hydrogen (secondary N) is 1. The maximum absolute atomic E-state index is 13.5. The summed E-state index contributed by atoms with van der Waals surface area (Å²) in [6.07, 6.45) is 9.74. The zero-order chi connectivity index (χ0) is 25.1. The van der Waals surface area contributed by atoms with E-state index in [0.29, 0.717) is 13.0 Å². The van der Waals surface area contributed by atoms with E-state index < -0.39 is 11.0 Å². The number of nitrogens with zero attached hydrogens (tertiary/aromatic N) is 5. The molecule has 8 nitrogen and oxygen atoms in total. The molecule has 35 heavy (non-hydrogen) atoms. The Hall–Kier alpha value is -3.68. The summed E-state index contributed by atoms with van der Waals surface area (Å²) in [6.45, 7) is 11.4. The Bertz CT molecular complexity index is 1230. The van der Waals surface area contributed by atoms with E-state index in [2.05, 4.69) is 43.0 Å². The SMILES string of the molecule is CC(C)(Cn1ccc(C(C)(C)CC(C)(C(=O)OCc2ccccc2)n2cccn2)n1)c1cn[nH]c1. The van der Waals surface area contributed by atoms with E-state index in [0.717, 1.165) is 16.8 Å². The summed E-state index contributed by atoms with van der Waals surface area (Å²) in [5.74, 6) is -0.321. The van der Waals surface area contributed by atoms with Gasteiger partial charge in [0, 0.05) is 35.6 Å². The largest absolute Gasteiger partial charge is 0.459 e. The van der Waals surface area contributed by atoms with Crippen LogP contribution in [0.5, 0.6) is 0 Å². The van der Waals surface area contributed by atoms with E-state index >= 15 is 0 Å². The molecule has 3 heterocycles. The highest BCUT2D eigenvalue weighted by molar-refractivity contribution is 5.78. The molecule has 0 saturated heterocycles. The minimum absolute atomic E-state index is 0.134. The summed E-state index contributed by atoms with van der Waals surface area (Å²) in [5, 5.41) is 16.3. The van der Waals surface area contributed by atoms with E-state index in [1.54, 1.807) is 10.9 Å². The fraction of sp³-hybridized carbons (Fsp3) is 0.407. The van der Waals surface area contributed by atoms with Gasteiger partial charge >= 0.3 is 5.97 Å². The van der Waals surface area contributed by atoms with Crippen molar-refractivity contribution in [3.63, 3.8) is 0 Å². The minimum atomic E-state index is -0.998. The third-order valence-corrected chi connectivity index (χ3v) is 6.62. The molecule has 4 aromatic rings. The van der Waals surface area contributed by atoms with E-state index in [4.69, 9.17) is 9.84 Å². The van der Waals surface area contributed by atoms with Crippen LogP contribution in [0, 0.1) is 0 Å². The lowest BCUT2D eigenvalue weighted by Gasteiger charge is -2.35. The average Bonchev–Trinajstić information content (AvgIpc) is 3.60. The van der Waals surface area contributed by atoms with Gasteiger partial charge in [0.05, 0.1) is 18.4 Å². The fourth-order valence-corrected chi connectivity index (χ4v) is 4.57. The van der Waals surface area contributed by atoms with Crippen LogP contribution in [0.15, 0.2) is 73.4 Å². The molecule has 0 fully saturated rings. The van der Waals surface area contributed by atoms with Gasteiger partial charge in [-0.3, -0.25) is 14.5 Å². The highest BCUT2D eigenvalue weighted by Gasteiger charge is 2.44. The quantitative estimate of drug-likeness (QED) is 0.339. The molecule has 1 unspecified atom stereocenters. The molecule has 0 aliphatic rings. The number of ether oxygens (including phenoxy) is 1. The molecule has 0 spiro atoms. The molecule has 184 valence electrons. The summed E-state index contributed by atoms with van der Waals surface area (Å²) in [6, 6.07) is 13.6. The smallest absolute Gasteiger partial charge is 0.334 e. The summed E-state index contributed by atoms with van der Waals surface area (Å²) in [5.41, 5.74) is 1.43. The van der Waals surface area contributed by atoms with Crippen molar-refractivity contribution in [2.24, 2.45) is 0 Å². The molecule has 3 aromatic heterocycles. The number of hydrogen-bond donors (Lipinski definition) is 1. The van der Waals surface area contributed by atoms with Gasteiger partial charge in [0.1, 0.15) is 6.61 Å². The normalized spacial score (nSPS) is 14.0. The molecule has 4 rings (SSSR count). The van der Waals surface area contributed by atoms with Crippen LogP contribution in [0.3, 0.4) is 0 Å². The van der Waals surface area contributed by atoms with Crippen molar-refractivity contribution in [1.82, 2.24) is 29.8 Å². The lowest BCUT2D eigenvalue weighted by atomic mass is 9.77. The second kappa shape index (κ2) is 9.52. The molecule has 0 bridgehead atoms. The van der Waals surface area contributed by atoms with Gasteiger partial charge in [-0.1, -0.05) is 58.0 Å². The van der Waals surface area contributed by atoms with Gasteiger partial charge in [-0.05, 0) is 36.6 Å². The lowest BCUT2D eigenvalue weighted by molar-refractivity contribution is -0.157. The fourth-order valence-electron chi connectivity index (χ4n) is 4.57. The van der Waals surface area contributed by atoms with Crippen molar-refractivity contribution >= 4 is 5.97 Å². The molecule has 0 amide bonds. The van der Waals surface area contributed by atoms with Crippen LogP contribution in [-0.4, -0.2) is 35.7 Å². The number of carbonyl (C=O) groups is 1. The number of hydrogen-bond acceptors (Lipinski definition) is 5. The Labute approximate surface area is 206 Å². The molecular weight excluding hydrogens is 440 g/mol. The summed E-state index contributed by atoms with van der Waals surface area (Å²) >= 11 is 0. The Morgan fingerprint density at radius 1 is 1.00 bits per heavy atom. The van der Waals surface area contributed by atoms with Crippen molar-refractivity contribution < 1.29 is 9.53 Å². The third kappa shape index (κ3) is 5.37. The van der Waals surface area contributed by atoms with E-state index in [-0.39, 0.29) is 18.0 Å². The average molecular weight is 475 g/mol. The van der Waals surface area contributed by atoms with E-state index in [1.165, 1.54) is 0 Å². The summed E-state index contributed by atoms with van der Waals surface area (Å²) in [7, 11) is 0. The molecule has 1 N–H and O–H groups in total. The van der Waals surface area contributed by atoms with Gasteiger partial charge in [0.25, 0.3) is 0 Å². The highest BCUT2D eigenvalue weighted by Crippen LogP contribution is 2.36. The van der Waals surface area contributed by atoms with Crippen LogP contribution >= 0.6 is 0 Å². The number of rotatable bonds is 10. The molecule has 0 aliphatic carbocycles. The summed E-state index contributed by atoms with van der Waals surface area (Å²) in [4.78, 5) is 13.5. The van der Waals surface area contributed by atoms with Gasteiger partial charge in [-0.25, -0.2) is 4.79 Å². The van der Waals surface area contributed by atoms with Gasteiger partial charge in [0.15, 0.2) is 5.54 Å². The first-order chi connectivity index (χ1) is 16.6. The van der Waals surface area contributed by atoms with Crippen LogP contribution in [-0.2, 0) is 39.1 Å². The van der Waals surface area contributed by atoms with Crippen LogP contribution in [0.25, 0.3) is 0 Å². The Kier molecular flexibility index (Phi) is 6.65.